The molecule has 0 spiro atoms. The topological polar surface area (TPSA) is 59.0 Å². The van der Waals surface area contributed by atoms with Gasteiger partial charge >= 0.3 is 6.18 Å². The number of benzene rings is 2. The number of fused-ring (bicyclic) bond motifs is 1. The van der Waals surface area contributed by atoms with Crippen LogP contribution in [0.5, 0.6) is 0 Å². The van der Waals surface area contributed by atoms with Gasteiger partial charge in [0.05, 0.1) is 12.2 Å². The molecule has 1 aromatic heterocycles. The summed E-state index contributed by atoms with van der Waals surface area (Å²) < 4.78 is 42.2. The minimum atomic E-state index is -4.49. The maximum absolute atomic E-state index is 13.8. The van der Waals surface area contributed by atoms with Crippen LogP contribution in [0, 0.1) is 13.8 Å². The molecule has 156 valence electrons. The molecule has 0 aliphatic carbocycles. The number of halogens is 3. The molecule has 4 rings (SSSR count). The van der Waals surface area contributed by atoms with Crippen LogP contribution in [0.15, 0.2) is 54.7 Å². The molecule has 1 aliphatic heterocycles. The van der Waals surface area contributed by atoms with Crippen molar-refractivity contribution in [3.8, 4) is 0 Å². The van der Waals surface area contributed by atoms with Gasteiger partial charge in [0.15, 0.2) is 6.04 Å². The Morgan fingerprint density at radius 1 is 1.13 bits per heavy atom. The number of rotatable bonds is 3. The van der Waals surface area contributed by atoms with Gasteiger partial charge in [-0.25, -0.2) is 4.68 Å². The first-order chi connectivity index (χ1) is 14.2. The second-order valence-electron chi connectivity index (χ2n) is 7.58. The van der Waals surface area contributed by atoms with Gasteiger partial charge in [-0.3, -0.25) is 4.79 Å². The summed E-state index contributed by atoms with van der Waals surface area (Å²) in [6, 6.07) is 12.1. The zero-order valence-corrected chi connectivity index (χ0v) is 16.5. The molecule has 0 fully saturated rings. The number of alkyl halides is 3. The van der Waals surface area contributed by atoms with Crippen molar-refractivity contribution in [1.29, 1.82) is 0 Å². The van der Waals surface area contributed by atoms with Crippen molar-refractivity contribution < 1.29 is 18.0 Å². The molecular weight excluding hydrogens is 393 g/mol. The standard InChI is InChI=1S/C22H21F3N4O/c1-13-6-8-15(9-7-13)18-11-19(22(23,24)25)29-20(28-18)17(12-26-29)21(30)27-16-5-3-4-14(2)10-16/h3-10,12,18-19,28H,11H2,1-2H3,(H,27,30)/t18-,19+/m1/s1. The lowest BCUT2D eigenvalue weighted by Gasteiger charge is -2.34. The third-order valence-corrected chi connectivity index (χ3v) is 5.24. The highest BCUT2D eigenvalue weighted by Crippen LogP contribution is 2.44. The number of nitrogens with zero attached hydrogens (tertiary/aromatic N) is 2. The number of anilines is 2. The molecule has 8 heteroatoms. The Labute approximate surface area is 171 Å². The Kier molecular flexibility index (Phi) is 5.01. The van der Waals surface area contributed by atoms with Crippen molar-refractivity contribution in [2.75, 3.05) is 10.6 Å². The molecule has 0 bridgehead atoms. The molecule has 2 aromatic carbocycles. The van der Waals surface area contributed by atoms with Crippen molar-refractivity contribution in [2.45, 2.75) is 38.5 Å². The maximum atomic E-state index is 13.8. The van der Waals surface area contributed by atoms with E-state index in [4.69, 9.17) is 0 Å². The number of amides is 1. The molecule has 0 radical (unpaired) electrons. The average Bonchev–Trinajstić information content (AvgIpc) is 3.11. The first kappa shape index (κ1) is 20.0. The molecule has 0 unspecified atom stereocenters. The summed E-state index contributed by atoms with van der Waals surface area (Å²) in [4.78, 5) is 12.8. The zero-order chi connectivity index (χ0) is 21.5. The molecule has 2 N–H and O–H groups in total. The normalized spacial score (nSPS) is 18.4. The van der Waals surface area contributed by atoms with Gasteiger partial charge in [0.1, 0.15) is 11.4 Å². The Morgan fingerprint density at radius 3 is 2.53 bits per heavy atom. The summed E-state index contributed by atoms with van der Waals surface area (Å²) in [5.74, 6) is -0.445. The quantitative estimate of drug-likeness (QED) is 0.602. The zero-order valence-electron chi connectivity index (χ0n) is 16.5. The highest BCUT2D eigenvalue weighted by Gasteiger charge is 2.47. The van der Waals surface area contributed by atoms with Crippen molar-refractivity contribution in [3.05, 3.63) is 77.0 Å². The van der Waals surface area contributed by atoms with Crippen molar-refractivity contribution in [1.82, 2.24) is 9.78 Å². The van der Waals surface area contributed by atoms with Gasteiger partial charge in [0.25, 0.3) is 5.91 Å². The first-order valence-electron chi connectivity index (χ1n) is 9.58. The molecular formula is C22H21F3N4O. The van der Waals surface area contributed by atoms with Crippen LogP contribution in [0.25, 0.3) is 0 Å². The molecule has 0 saturated heterocycles. The average molecular weight is 414 g/mol. The Hall–Kier alpha value is -3.29. The fourth-order valence-electron chi connectivity index (χ4n) is 3.67. The van der Waals surface area contributed by atoms with Crippen molar-refractivity contribution >= 4 is 17.4 Å². The van der Waals surface area contributed by atoms with Crippen LogP contribution in [0.4, 0.5) is 24.7 Å². The van der Waals surface area contributed by atoms with Gasteiger partial charge in [-0.05, 0) is 37.1 Å². The molecule has 2 atom stereocenters. The van der Waals surface area contributed by atoms with E-state index in [0.717, 1.165) is 21.4 Å². The van der Waals surface area contributed by atoms with Crippen LogP contribution in [0.1, 0.15) is 45.6 Å². The van der Waals surface area contributed by atoms with Crippen LogP contribution >= 0.6 is 0 Å². The molecule has 5 nitrogen and oxygen atoms in total. The summed E-state index contributed by atoms with van der Waals surface area (Å²) >= 11 is 0. The lowest BCUT2D eigenvalue weighted by molar-refractivity contribution is -0.173. The summed E-state index contributed by atoms with van der Waals surface area (Å²) in [5, 5.41) is 9.74. The van der Waals surface area contributed by atoms with E-state index in [-0.39, 0.29) is 17.8 Å². The number of hydrogen-bond acceptors (Lipinski definition) is 3. The molecule has 1 amide bonds. The monoisotopic (exact) mass is 414 g/mol. The predicted molar refractivity (Wildman–Crippen MR) is 109 cm³/mol. The highest BCUT2D eigenvalue weighted by molar-refractivity contribution is 6.07. The third kappa shape index (κ3) is 3.90. The number of nitrogens with one attached hydrogen (secondary N) is 2. The second-order valence-corrected chi connectivity index (χ2v) is 7.58. The highest BCUT2D eigenvalue weighted by atomic mass is 19.4. The van der Waals surface area contributed by atoms with E-state index in [1.807, 2.05) is 32.0 Å². The number of aryl methyl sites for hydroxylation is 2. The minimum absolute atomic E-state index is 0.0688. The van der Waals surface area contributed by atoms with Crippen molar-refractivity contribution in [3.63, 3.8) is 0 Å². The Bertz CT molecular complexity index is 1070. The summed E-state index contributed by atoms with van der Waals surface area (Å²) in [6.45, 7) is 3.80. The van der Waals surface area contributed by atoms with E-state index in [9.17, 15) is 18.0 Å². The van der Waals surface area contributed by atoms with Crippen LogP contribution in [0.2, 0.25) is 0 Å². The minimum Gasteiger partial charge on any atom is -0.363 e. The van der Waals surface area contributed by atoms with E-state index < -0.39 is 24.2 Å². The number of aromatic nitrogens is 2. The van der Waals surface area contributed by atoms with Crippen LogP contribution in [-0.4, -0.2) is 21.9 Å². The maximum Gasteiger partial charge on any atom is 0.410 e. The third-order valence-electron chi connectivity index (χ3n) is 5.24. The van der Waals surface area contributed by atoms with Crippen molar-refractivity contribution in [2.24, 2.45) is 0 Å². The van der Waals surface area contributed by atoms with Crippen LogP contribution in [0.3, 0.4) is 0 Å². The summed E-state index contributed by atoms with van der Waals surface area (Å²) in [6.07, 6.45) is -3.51. The van der Waals surface area contributed by atoms with Crippen LogP contribution < -0.4 is 10.6 Å². The predicted octanol–water partition coefficient (Wildman–Crippen LogP) is 5.41. The first-order valence-corrected chi connectivity index (χ1v) is 9.58. The van der Waals surface area contributed by atoms with E-state index in [1.54, 1.807) is 30.3 Å². The lowest BCUT2D eigenvalue weighted by atomic mass is 9.96. The second kappa shape index (κ2) is 7.51. The van der Waals surface area contributed by atoms with E-state index in [1.165, 1.54) is 6.20 Å². The van der Waals surface area contributed by atoms with Gasteiger partial charge in [0.2, 0.25) is 0 Å². The van der Waals surface area contributed by atoms with E-state index in [2.05, 4.69) is 15.7 Å². The van der Waals surface area contributed by atoms with Gasteiger partial charge in [-0.1, -0.05) is 42.0 Å². The van der Waals surface area contributed by atoms with Gasteiger partial charge in [-0.15, -0.1) is 0 Å². The van der Waals surface area contributed by atoms with Gasteiger partial charge in [-0.2, -0.15) is 18.3 Å². The SMILES string of the molecule is Cc1ccc([C@H]2C[C@@H](C(F)(F)F)n3ncc(C(=O)Nc4cccc(C)c4)c3N2)cc1. The molecule has 3 aromatic rings. The Balaban J connectivity index is 1.69. The van der Waals surface area contributed by atoms with Gasteiger partial charge < -0.3 is 10.6 Å². The smallest absolute Gasteiger partial charge is 0.363 e. The Morgan fingerprint density at radius 2 is 1.87 bits per heavy atom. The van der Waals surface area contributed by atoms with Gasteiger partial charge in [0, 0.05) is 12.1 Å². The largest absolute Gasteiger partial charge is 0.410 e. The lowest BCUT2D eigenvalue weighted by Crippen LogP contribution is -2.36. The fourth-order valence-corrected chi connectivity index (χ4v) is 3.67. The fraction of sp³-hybridized carbons (Fsp3) is 0.273. The summed E-state index contributed by atoms with van der Waals surface area (Å²) in [7, 11) is 0. The molecule has 30 heavy (non-hydrogen) atoms. The number of carbonyl (C=O) groups excluding carboxylic acids is 1. The van der Waals surface area contributed by atoms with E-state index in [0.29, 0.717) is 5.69 Å². The molecule has 2 heterocycles. The van der Waals surface area contributed by atoms with Crippen LogP contribution in [-0.2, 0) is 0 Å². The molecule has 0 saturated carbocycles. The number of carbonyl (C=O) groups is 1. The molecule has 1 aliphatic rings. The summed E-state index contributed by atoms with van der Waals surface area (Å²) in [5.41, 5.74) is 3.35. The van der Waals surface area contributed by atoms with E-state index >= 15 is 0 Å². The number of hydrogen-bond donors (Lipinski definition) is 2.